The molecule has 0 saturated heterocycles. The average Bonchev–Trinajstić information content (AvgIpc) is 3.90. The molecule has 2 heterocycles. The minimum absolute atomic E-state index is 0. The van der Waals surface area contributed by atoms with E-state index in [1.165, 1.54) is 67.0 Å². The van der Waals surface area contributed by atoms with E-state index >= 15 is 0 Å². The molecule has 8 rings (SSSR count). The summed E-state index contributed by atoms with van der Waals surface area (Å²) < 4.78 is 5.38. The van der Waals surface area contributed by atoms with Gasteiger partial charge in [-0.1, -0.05) is 0 Å². The standard InChI is InChI=1S/2C20H17N2.C2H6Si.2ClH.Zr/c2*1-14-3-5-16(6-4-14)20-12-18(22-8-7-21-13-22)11-17-9-15(2)10-19(17)20;1-3-2;;;/h2*3-13H,1-2H3;1-2H3;2*1H;/q;;;;;+2/p-2. The fourth-order valence-electron chi connectivity index (χ4n) is 7.87. The van der Waals surface area contributed by atoms with Crippen LogP contribution in [0.25, 0.3) is 45.8 Å². The first-order valence-corrected chi connectivity index (χ1v) is 25.8. The first-order chi connectivity index (χ1) is 23.3. The zero-order chi connectivity index (χ0) is 33.1. The molecule has 4 nitrogen and oxygen atoms in total. The number of hydrogen-bond acceptors (Lipinski definition) is 2. The summed E-state index contributed by atoms with van der Waals surface area (Å²) in [5.74, 6) is 0. The van der Waals surface area contributed by atoms with Crippen molar-refractivity contribution in [2.24, 2.45) is 0 Å². The molecule has 0 bridgehead atoms. The van der Waals surface area contributed by atoms with Crippen LogP contribution in [-0.4, -0.2) is 24.5 Å². The predicted molar refractivity (Wildman–Crippen MR) is 198 cm³/mol. The normalized spacial score (nSPS) is 15.5. The van der Waals surface area contributed by atoms with Gasteiger partial charge in [-0.15, -0.1) is 0 Å². The average molecular weight is 791 g/mol. The Morgan fingerprint density at radius 3 is 1.32 bits per heavy atom. The number of allylic oxidation sites excluding steroid dienone is 2. The summed E-state index contributed by atoms with van der Waals surface area (Å²) in [6.45, 7) is 14.4. The number of aryl methyl sites for hydroxylation is 2. The Hall–Kier alpha value is -3.54. The van der Waals surface area contributed by atoms with E-state index in [1.54, 1.807) is 11.1 Å². The van der Waals surface area contributed by atoms with E-state index in [0.29, 0.717) is 7.25 Å². The summed E-state index contributed by atoms with van der Waals surface area (Å²) in [5, 5.41) is 0. The summed E-state index contributed by atoms with van der Waals surface area (Å²) in [7, 11) is 0. The fourth-order valence-corrected chi connectivity index (χ4v) is 28.5. The molecule has 2 aromatic heterocycles. The number of fused-ring (bicyclic) bond motifs is 2. The van der Waals surface area contributed by atoms with Gasteiger partial charge in [-0.25, -0.2) is 0 Å². The Labute approximate surface area is 316 Å². The third-order valence-electron chi connectivity index (χ3n) is 10.2. The number of hydrogen-bond donors (Lipinski definition) is 0. The van der Waals surface area contributed by atoms with Gasteiger partial charge in [0.1, 0.15) is 0 Å². The van der Waals surface area contributed by atoms with Crippen LogP contribution < -0.4 is 24.8 Å². The summed E-state index contributed by atoms with van der Waals surface area (Å²) in [4.78, 5) is 8.84. The predicted octanol–water partition coefficient (Wildman–Crippen LogP) is 4.50. The Morgan fingerprint density at radius 1 is 0.580 bits per heavy atom. The maximum absolute atomic E-state index is 4.42. The molecule has 2 atom stereocenters. The molecule has 50 heavy (non-hydrogen) atoms. The molecule has 2 aliphatic carbocycles. The van der Waals surface area contributed by atoms with Crippen molar-refractivity contribution < 1.29 is 45.2 Å². The van der Waals surface area contributed by atoms with Crippen LogP contribution in [-0.2, 0) is 20.4 Å². The molecular formula is C42H40Cl2N4SiZr. The minimum atomic E-state index is -2.36. The minimum Gasteiger partial charge on any atom is -1.00 e. The maximum Gasteiger partial charge on any atom is -1.00 e. The van der Waals surface area contributed by atoms with Crippen molar-refractivity contribution in [3.05, 3.63) is 155 Å². The second kappa shape index (κ2) is 14.6. The van der Waals surface area contributed by atoms with Gasteiger partial charge in [0.15, 0.2) is 0 Å². The number of rotatable bonds is 6. The number of aromatic nitrogens is 4. The van der Waals surface area contributed by atoms with Crippen molar-refractivity contribution in [1.82, 2.24) is 19.1 Å². The van der Waals surface area contributed by atoms with Crippen LogP contribution in [0, 0.1) is 13.8 Å². The SMILES string of the molecule is CC1=Cc2c(-c3ccc(C)cc3)cc(-n3ccnc3)cc2[C@@H]1[Zr+2]([C@H]1C(C)=Cc2c(-c3ccc(C)cc3)cc(-n3ccnc3)cc21)=[Si](C)C.[Cl-].[Cl-]. The summed E-state index contributed by atoms with van der Waals surface area (Å²) in [6.07, 6.45) is 16.8. The number of halogens is 2. The smallest absolute Gasteiger partial charge is 1.00 e. The molecule has 0 saturated carbocycles. The zero-order valence-corrected chi connectivity index (χ0v) is 34.2. The van der Waals surface area contributed by atoms with Gasteiger partial charge < -0.3 is 24.8 Å². The first-order valence-electron chi connectivity index (χ1n) is 16.8. The van der Waals surface area contributed by atoms with Crippen molar-refractivity contribution in [3.63, 3.8) is 0 Å². The molecule has 0 spiro atoms. The van der Waals surface area contributed by atoms with E-state index in [2.05, 4.69) is 157 Å². The zero-order valence-electron chi connectivity index (χ0n) is 29.2. The molecule has 6 aromatic rings. The van der Waals surface area contributed by atoms with Crippen LogP contribution in [0.2, 0.25) is 13.1 Å². The first kappa shape index (κ1) is 36.3. The Bertz CT molecular complexity index is 2120. The van der Waals surface area contributed by atoms with Crippen molar-refractivity contribution in [3.8, 4) is 33.6 Å². The Balaban J connectivity index is 0.00000216. The second-order valence-corrected chi connectivity index (χ2v) is 31.6. The molecule has 0 N–H and O–H groups in total. The maximum atomic E-state index is 4.42. The van der Waals surface area contributed by atoms with Gasteiger partial charge in [-0.05, 0) is 0 Å². The van der Waals surface area contributed by atoms with Crippen molar-refractivity contribution in [2.45, 2.75) is 48.0 Å². The van der Waals surface area contributed by atoms with Gasteiger partial charge in [0, 0.05) is 0 Å². The summed E-state index contributed by atoms with van der Waals surface area (Å²) >= 11 is -2.36. The van der Waals surface area contributed by atoms with Crippen LogP contribution in [0.1, 0.15) is 54.5 Å². The van der Waals surface area contributed by atoms with Crippen LogP contribution in [0.15, 0.2) is 121 Å². The topological polar surface area (TPSA) is 35.6 Å². The van der Waals surface area contributed by atoms with Crippen LogP contribution >= 0.6 is 0 Å². The molecule has 4 aromatic carbocycles. The summed E-state index contributed by atoms with van der Waals surface area (Å²) in [6, 6.07) is 27.8. The van der Waals surface area contributed by atoms with Gasteiger partial charge in [-0.2, -0.15) is 0 Å². The van der Waals surface area contributed by atoms with E-state index in [0.717, 1.165) is 0 Å². The number of benzene rings is 4. The fraction of sp³-hybridized carbons (Fsp3) is 0.190. The Kier molecular flexibility index (Phi) is 10.6. The van der Waals surface area contributed by atoms with Crippen LogP contribution in [0.4, 0.5) is 0 Å². The third kappa shape index (κ3) is 6.41. The van der Waals surface area contributed by atoms with Crippen molar-refractivity contribution in [2.75, 3.05) is 0 Å². The van der Waals surface area contributed by atoms with Gasteiger partial charge in [0.2, 0.25) is 0 Å². The molecular weight excluding hydrogens is 751 g/mol. The molecule has 2 aliphatic rings. The van der Waals surface area contributed by atoms with E-state index < -0.39 is 25.8 Å². The number of imidazole rings is 2. The number of nitrogens with zero attached hydrogens (tertiary/aromatic N) is 4. The molecule has 0 amide bonds. The van der Waals surface area contributed by atoms with Gasteiger partial charge in [0.05, 0.1) is 0 Å². The van der Waals surface area contributed by atoms with E-state index in [4.69, 9.17) is 0 Å². The largest absolute Gasteiger partial charge is 1.00 e. The van der Waals surface area contributed by atoms with Crippen molar-refractivity contribution >= 4 is 17.6 Å². The van der Waals surface area contributed by atoms with Gasteiger partial charge >= 0.3 is 293 Å². The molecule has 0 aliphatic heterocycles. The summed E-state index contributed by atoms with van der Waals surface area (Å²) in [5.41, 5.74) is 18.5. The van der Waals surface area contributed by atoms with Gasteiger partial charge in [-0.3, -0.25) is 0 Å². The molecule has 250 valence electrons. The second-order valence-electron chi connectivity index (χ2n) is 13.8. The van der Waals surface area contributed by atoms with E-state index in [-0.39, 0.29) is 24.8 Å². The molecule has 0 unspecified atom stereocenters. The van der Waals surface area contributed by atoms with Crippen molar-refractivity contribution in [1.29, 1.82) is 0 Å². The van der Waals surface area contributed by atoms with E-state index in [9.17, 15) is 0 Å². The molecule has 0 fully saturated rings. The third-order valence-corrected chi connectivity index (χ3v) is 30.1. The molecule has 8 heteroatoms. The van der Waals surface area contributed by atoms with E-state index in [1.807, 2.05) is 25.0 Å². The van der Waals surface area contributed by atoms with Crippen LogP contribution in [0.5, 0.6) is 0 Å². The molecule has 0 radical (unpaired) electrons. The monoisotopic (exact) mass is 788 g/mol. The quantitative estimate of drug-likeness (QED) is 0.233. The Morgan fingerprint density at radius 2 is 0.980 bits per heavy atom. The van der Waals surface area contributed by atoms with Gasteiger partial charge in [0.25, 0.3) is 0 Å². The van der Waals surface area contributed by atoms with Crippen LogP contribution in [0.3, 0.4) is 0 Å².